The minimum absolute atomic E-state index is 1.23. The number of aromatic nitrogens is 2. The van der Waals surface area contributed by atoms with Crippen molar-refractivity contribution in [1.82, 2.24) is 4.57 Å². The highest BCUT2D eigenvalue weighted by Gasteiger charge is 2.16. The second kappa shape index (κ2) is 32.6. The van der Waals surface area contributed by atoms with Crippen LogP contribution < -0.4 is 4.57 Å². The van der Waals surface area contributed by atoms with Crippen LogP contribution in [-0.2, 0) is 19.5 Å². The Kier molecular flexibility index (Phi) is 30.5. The van der Waals surface area contributed by atoms with Gasteiger partial charge in [0.2, 0.25) is 0 Å². The first kappa shape index (κ1) is 40.2. The third-order valence-corrected chi connectivity index (χ3v) is 9.85. The Morgan fingerprint density at radius 1 is 0.395 bits per heavy atom. The van der Waals surface area contributed by atoms with Crippen LogP contribution in [0.2, 0.25) is 0 Å². The van der Waals surface area contributed by atoms with E-state index in [1.54, 1.807) is 5.82 Å². The molecule has 1 heterocycles. The maximum atomic E-state index is 2.64. The van der Waals surface area contributed by atoms with E-state index in [-0.39, 0.29) is 0 Å². The summed E-state index contributed by atoms with van der Waals surface area (Å²) in [4.78, 5) is 0. The Hall–Kier alpha value is -0.790. The summed E-state index contributed by atoms with van der Waals surface area (Å²) in [6.07, 6.45) is 51.9. The van der Waals surface area contributed by atoms with Crippen LogP contribution in [0.5, 0.6) is 0 Å². The summed E-state index contributed by atoms with van der Waals surface area (Å²) >= 11 is 0. The Morgan fingerprint density at radius 2 is 0.721 bits per heavy atom. The molecule has 0 aliphatic heterocycles. The summed E-state index contributed by atoms with van der Waals surface area (Å²) in [5, 5.41) is 0. The smallest absolute Gasteiger partial charge is 0.234 e. The number of hydrogen-bond acceptors (Lipinski definition) is 0. The Balaban J connectivity index is 2.25. The van der Waals surface area contributed by atoms with Crippen molar-refractivity contribution in [3.63, 3.8) is 0 Å². The van der Waals surface area contributed by atoms with E-state index in [1.807, 2.05) is 0 Å². The van der Waals surface area contributed by atoms with Gasteiger partial charge in [0.15, 0.2) is 0 Å². The summed E-state index contributed by atoms with van der Waals surface area (Å²) in [5.41, 5.74) is 0. The zero-order chi connectivity index (χ0) is 30.9. The highest BCUT2D eigenvalue weighted by Crippen LogP contribution is 2.15. The fourth-order valence-corrected chi connectivity index (χ4v) is 6.86. The second-order valence-corrected chi connectivity index (χ2v) is 14.1. The largest absolute Gasteiger partial charge is 0.256 e. The topological polar surface area (TPSA) is 8.81 Å². The molecule has 0 aromatic carbocycles. The molecule has 1 aromatic heterocycles. The van der Waals surface area contributed by atoms with E-state index in [0.29, 0.717) is 0 Å². The Labute approximate surface area is 272 Å². The Morgan fingerprint density at radius 3 is 1.12 bits per heavy atom. The van der Waals surface area contributed by atoms with Crippen molar-refractivity contribution in [1.29, 1.82) is 0 Å². The van der Waals surface area contributed by atoms with Crippen LogP contribution in [0.4, 0.5) is 0 Å². The predicted molar refractivity (Wildman–Crippen MR) is 193 cm³/mol. The van der Waals surface area contributed by atoms with Gasteiger partial charge in [-0.05, 0) is 32.1 Å². The molecule has 0 bridgehead atoms. The number of rotatable bonds is 35. The van der Waals surface area contributed by atoms with E-state index in [9.17, 15) is 0 Å². The van der Waals surface area contributed by atoms with Crippen LogP contribution in [-0.4, -0.2) is 4.57 Å². The fourth-order valence-electron chi connectivity index (χ4n) is 6.86. The normalized spacial score (nSPS) is 11.6. The number of hydrogen-bond donors (Lipinski definition) is 0. The van der Waals surface area contributed by atoms with Gasteiger partial charge in [-0.2, -0.15) is 0 Å². The molecular weight excluding hydrogens is 520 g/mol. The van der Waals surface area contributed by atoms with E-state index >= 15 is 0 Å². The van der Waals surface area contributed by atoms with Crippen LogP contribution in [0.15, 0.2) is 12.4 Å². The van der Waals surface area contributed by atoms with Gasteiger partial charge in [-0.1, -0.05) is 194 Å². The molecule has 1 aromatic rings. The van der Waals surface area contributed by atoms with Crippen LogP contribution in [0.25, 0.3) is 0 Å². The molecule has 2 nitrogen and oxygen atoms in total. The van der Waals surface area contributed by atoms with Crippen LogP contribution in [0.3, 0.4) is 0 Å². The van der Waals surface area contributed by atoms with Crippen LogP contribution >= 0.6 is 0 Å². The van der Waals surface area contributed by atoms with Gasteiger partial charge in [0, 0.05) is 6.42 Å². The van der Waals surface area contributed by atoms with Crippen molar-refractivity contribution in [2.75, 3.05) is 0 Å². The molecule has 0 aliphatic rings. The maximum Gasteiger partial charge on any atom is 0.256 e. The number of nitrogens with zero attached hydrogens (tertiary/aromatic N) is 2. The highest BCUT2D eigenvalue weighted by molar-refractivity contribution is 4.84. The summed E-state index contributed by atoms with van der Waals surface area (Å²) in [6, 6.07) is 0. The molecule has 0 radical (unpaired) electrons. The van der Waals surface area contributed by atoms with Gasteiger partial charge in [0.1, 0.15) is 12.4 Å². The van der Waals surface area contributed by atoms with Crippen molar-refractivity contribution in [3.8, 4) is 0 Å². The van der Waals surface area contributed by atoms with E-state index in [2.05, 4.69) is 42.3 Å². The maximum absolute atomic E-state index is 2.64. The van der Waals surface area contributed by atoms with Crippen molar-refractivity contribution >= 4 is 0 Å². The van der Waals surface area contributed by atoms with Gasteiger partial charge in [0.25, 0.3) is 5.82 Å². The highest BCUT2D eigenvalue weighted by atomic mass is 15.1. The standard InChI is InChI=1S/C41H81N2/c1-4-7-10-13-16-19-20-21-22-23-24-26-29-32-35-38-43-40-39-42(37-34-31-28-25-17-14-11-8-5-2)41(43)36-33-30-27-18-15-12-9-6-3/h39-40H,4-38H2,1-3H3/q+1. The number of unbranched alkanes of at least 4 members (excludes halogenated alkanes) is 29. The van der Waals surface area contributed by atoms with Crippen LogP contribution in [0.1, 0.15) is 232 Å². The number of aryl methyl sites for hydroxylation is 2. The zero-order valence-corrected chi connectivity index (χ0v) is 30.3. The van der Waals surface area contributed by atoms with Crippen molar-refractivity contribution in [3.05, 3.63) is 18.2 Å². The third kappa shape index (κ3) is 25.1. The van der Waals surface area contributed by atoms with Gasteiger partial charge < -0.3 is 0 Å². The van der Waals surface area contributed by atoms with E-state index in [0.717, 1.165) is 0 Å². The lowest BCUT2D eigenvalue weighted by Gasteiger charge is -2.07. The van der Waals surface area contributed by atoms with Gasteiger partial charge in [0.05, 0.1) is 13.1 Å². The molecule has 0 fully saturated rings. The van der Waals surface area contributed by atoms with E-state index < -0.39 is 0 Å². The van der Waals surface area contributed by atoms with Gasteiger partial charge in [-0.15, -0.1) is 0 Å². The van der Waals surface area contributed by atoms with Crippen molar-refractivity contribution < 1.29 is 4.57 Å². The molecule has 0 aliphatic carbocycles. The van der Waals surface area contributed by atoms with Gasteiger partial charge in [-0.3, -0.25) is 0 Å². The quantitative estimate of drug-likeness (QED) is 0.0540. The molecule has 0 N–H and O–H groups in total. The molecule has 0 spiro atoms. The molecule has 2 heteroatoms. The lowest BCUT2D eigenvalue weighted by Crippen LogP contribution is -2.37. The Bertz CT molecular complexity index is 663. The molecule has 254 valence electrons. The first-order valence-electron chi connectivity index (χ1n) is 20.4. The minimum atomic E-state index is 1.23. The fraction of sp³-hybridized carbons (Fsp3) is 0.927. The monoisotopic (exact) mass is 602 g/mol. The van der Waals surface area contributed by atoms with Crippen LogP contribution in [0, 0.1) is 0 Å². The molecule has 43 heavy (non-hydrogen) atoms. The first-order valence-corrected chi connectivity index (χ1v) is 20.4. The zero-order valence-electron chi connectivity index (χ0n) is 30.3. The first-order chi connectivity index (χ1) is 21.3. The lowest BCUT2D eigenvalue weighted by atomic mass is 10.0. The van der Waals surface area contributed by atoms with E-state index in [4.69, 9.17) is 0 Å². The predicted octanol–water partition coefficient (Wildman–Crippen LogP) is 13.9. The number of imidazole rings is 1. The van der Waals surface area contributed by atoms with Gasteiger partial charge in [-0.25, -0.2) is 9.13 Å². The molecule has 1 rings (SSSR count). The second-order valence-electron chi connectivity index (χ2n) is 14.1. The molecule has 0 atom stereocenters. The summed E-state index contributed by atoms with van der Waals surface area (Å²) in [7, 11) is 0. The molecule has 0 unspecified atom stereocenters. The SMILES string of the molecule is CCCCCCCCCCCCCCCCCn1cc[n+](CCCCCCCCCCC)c1CCCCCCCCCC. The molecular formula is C41H81N2+. The van der Waals surface area contributed by atoms with Crippen molar-refractivity contribution in [2.45, 2.75) is 246 Å². The average molecular weight is 602 g/mol. The van der Waals surface area contributed by atoms with E-state index in [1.165, 1.54) is 225 Å². The molecule has 0 saturated carbocycles. The summed E-state index contributed by atoms with van der Waals surface area (Å²) in [5.74, 6) is 1.62. The molecule has 0 saturated heterocycles. The average Bonchev–Trinajstić information content (AvgIpc) is 3.40. The van der Waals surface area contributed by atoms with Crippen molar-refractivity contribution in [2.24, 2.45) is 0 Å². The van der Waals surface area contributed by atoms with Gasteiger partial charge >= 0.3 is 0 Å². The minimum Gasteiger partial charge on any atom is -0.234 e. The lowest BCUT2D eigenvalue weighted by molar-refractivity contribution is -0.704. The third-order valence-electron chi connectivity index (χ3n) is 9.85. The summed E-state index contributed by atoms with van der Waals surface area (Å²) in [6.45, 7) is 9.40. The summed E-state index contributed by atoms with van der Waals surface area (Å²) < 4.78 is 5.27. The molecule has 0 amide bonds.